The summed E-state index contributed by atoms with van der Waals surface area (Å²) in [6, 6.07) is 18.3. The monoisotopic (exact) mass is 263 g/mol. The van der Waals surface area contributed by atoms with Crippen LogP contribution in [-0.2, 0) is 18.3 Å². The number of hydrogen-bond acceptors (Lipinski definition) is 1. The van der Waals surface area contributed by atoms with E-state index in [2.05, 4.69) is 53.8 Å². The van der Waals surface area contributed by atoms with E-state index in [0.717, 1.165) is 13.1 Å². The van der Waals surface area contributed by atoms with Gasteiger partial charge in [-0.2, -0.15) is 0 Å². The molecular weight excluding hydrogens is 242 g/mol. The molecule has 1 heteroatoms. The molecule has 2 aliphatic rings. The molecule has 1 spiro atoms. The molecule has 2 aromatic rings. The number of benzene rings is 2. The van der Waals surface area contributed by atoms with Gasteiger partial charge in [0.15, 0.2) is 0 Å². The molecule has 0 saturated carbocycles. The van der Waals surface area contributed by atoms with Crippen molar-refractivity contribution in [3.8, 4) is 0 Å². The maximum Gasteiger partial charge on any atom is 0.0232 e. The van der Waals surface area contributed by atoms with Crippen LogP contribution >= 0.6 is 0 Å². The zero-order valence-corrected chi connectivity index (χ0v) is 11.9. The van der Waals surface area contributed by atoms with Crippen molar-refractivity contribution in [1.82, 2.24) is 5.32 Å². The highest BCUT2D eigenvalue weighted by molar-refractivity contribution is 5.50. The second-order valence-electron chi connectivity index (χ2n) is 6.15. The zero-order chi connectivity index (χ0) is 13.4. The Bertz CT molecular complexity index is 574. The van der Waals surface area contributed by atoms with Gasteiger partial charge in [-0.15, -0.1) is 0 Å². The molecule has 1 heterocycles. The van der Waals surface area contributed by atoms with Crippen LogP contribution < -0.4 is 5.32 Å². The molecule has 0 bridgehead atoms. The van der Waals surface area contributed by atoms with Crippen LogP contribution in [0.5, 0.6) is 0 Å². The molecule has 0 aromatic heterocycles. The molecule has 4 rings (SSSR count). The Kier molecular flexibility index (Phi) is 2.89. The van der Waals surface area contributed by atoms with Crippen molar-refractivity contribution in [1.29, 1.82) is 0 Å². The fourth-order valence-electron chi connectivity index (χ4n) is 4.22. The van der Waals surface area contributed by atoms with Gasteiger partial charge in [0.25, 0.3) is 0 Å². The van der Waals surface area contributed by atoms with E-state index in [1.54, 1.807) is 22.3 Å². The van der Waals surface area contributed by atoms with E-state index < -0.39 is 0 Å². The Morgan fingerprint density at radius 1 is 0.700 bits per heavy atom. The van der Waals surface area contributed by atoms with E-state index in [-0.39, 0.29) is 5.41 Å². The van der Waals surface area contributed by atoms with Gasteiger partial charge in [-0.05, 0) is 61.0 Å². The normalized spacial score (nSPS) is 20.0. The van der Waals surface area contributed by atoms with Crippen LogP contribution in [-0.4, -0.2) is 13.1 Å². The van der Waals surface area contributed by atoms with Crippen molar-refractivity contribution >= 4 is 0 Å². The van der Waals surface area contributed by atoms with Gasteiger partial charge in [-0.25, -0.2) is 0 Å². The Labute approximate surface area is 121 Å². The fourth-order valence-corrected chi connectivity index (χ4v) is 4.22. The molecule has 1 aliphatic heterocycles. The second-order valence-corrected chi connectivity index (χ2v) is 6.15. The predicted molar refractivity (Wildman–Crippen MR) is 83.2 cm³/mol. The van der Waals surface area contributed by atoms with Crippen LogP contribution in [0.15, 0.2) is 48.5 Å². The predicted octanol–water partition coefficient (Wildman–Crippen LogP) is 3.45. The molecule has 0 atom stereocenters. The molecule has 1 nitrogen and oxygen atoms in total. The van der Waals surface area contributed by atoms with Gasteiger partial charge in [-0.1, -0.05) is 48.5 Å². The van der Waals surface area contributed by atoms with Crippen LogP contribution in [0.1, 0.15) is 35.1 Å². The Morgan fingerprint density at radius 3 is 1.75 bits per heavy atom. The number of fused-ring (bicyclic) bond motifs is 4. The van der Waals surface area contributed by atoms with Crippen molar-refractivity contribution in [2.75, 3.05) is 13.1 Å². The van der Waals surface area contributed by atoms with Crippen LogP contribution in [0.3, 0.4) is 0 Å². The molecule has 102 valence electrons. The molecule has 0 unspecified atom stereocenters. The van der Waals surface area contributed by atoms with Crippen LogP contribution in [0.4, 0.5) is 0 Å². The summed E-state index contributed by atoms with van der Waals surface area (Å²) in [5, 5.41) is 3.54. The van der Waals surface area contributed by atoms with Crippen molar-refractivity contribution in [3.63, 3.8) is 0 Å². The topological polar surface area (TPSA) is 12.0 Å². The van der Waals surface area contributed by atoms with E-state index in [0.29, 0.717) is 0 Å². The quantitative estimate of drug-likeness (QED) is 0.767. The van der Waals surface area contributed by atoms with Crippen molar-refractivity contribution in [2.24, 2.45) is 0 Å². The molecule has 0 amide bonds. The molecule has 0 radical (unpaired) electrons. The van der Waals surface area contributed by atoms with Crippen molar-refractivity contribution < 1.29 is 0 Å². The van der Waals surface area contributed by atoms with Crippen LogP contribution in [0.2, 0.25) is 0 Å². The third kappa shape index (κ3) is 1.73. The maximum atomic E-state index is 3.54. The summed E-state index contributed by atoms with van der Waals surface area (Å²) >= 11 is 0. The lowest BCUT2D eigenvalue weighted by molar-refractivity contribution is 0.361. The minimum atomic E-state index is 0.245. The van der Waals surface area contributed by atoms with E-state index in [4.69, 9.17) is 0 Å². The van der Waals surface area contributed by atoms with E-state index in [1.807, 2.05) is 0 Å². The van der Waals surface area contributed by atoms with Crippen LogP contribution in [0.25, 0.3) is 0 Å². The minimum absolute atomic E-state index is 0.245. The highest BCUT2D eigenvalue weighted by atomic mass is 14.9. The first kappa shape index (κ1) is 12.2. The summed E-state index contributed by atoms with van der Waals surface area (Å²) in [4.78, 5) is 0. The molecule has 1 N–H and O–H groups in total. The zero-order valence-electron chi connectivity index (χ0n) is 11.9. The highest BCUT2D eigenvalue weighted by Gasteiger charge is 2.39. The van der Waals surface area contributed by atoms with Gasteiger partial charge in [0, 0.05) is 5.41 Å². The summed E-state index contributed by atoms with van der Waals surface area (Å²) in [6.45, 7) is 2.26. The lowest BCUT2D eigenvalue weighted by Gasteiger charge is -2.40. The van der Waals surface area contributed by atoms with E-state index in [1.165, 1.54) is 25.7 Å². The van der Waals surface area contributed by atoms with Gasteiger partial charge >= 0.3 is 0 Å². The minimum Gasteiger partial charge on any atom is -0.317 e. The molecule has 1 fully saturated rings. The second kappa shape index (κ2) is 4.75. The first-order valence-electron chi connectivity index (χ1n) is 7.78. The Balaban J connectivity index is 1.98. The average molecular weight is 263 g/mol. The van der Waals surface area contributed by atoms with E-state index in [9.17, 15) is 0 Å². The van der Waals surface area contributed by atoms with Gasteiger partial charge < -0.3 is 5.32 Å². The molecule has 1 aliphatic carbocycles. The first-order valence-corrected chi connectivity index (χ1v) is 7.78. The highest BCUT2D eigenvalue weighted by Crippen LogP contribution is 2.45. The summed E-state index contributed by atoms with van der Waals surface area (Å²) in [5.41, 5.74) is 6.55. The van der Waals surface area contributed by atoms with Crippen LogP contribution in [0, 0.1) is 0 Å². The molecule has 1 saturated heterocycles. The van der Waals surface area contributed by atoms with Crippen molar-refractivity contribution in [3.05, 3.63) is 70.8 Å². The summed E-state index contributed by atoms with van der Waals surface area (Å²) in [5.74, 6) is 0. The lowest BCUT2D eigenvalue weighted by Crippen LogP contribution is -2.41. The fraction of sp³-hybridized carbons (Fsp3) is 0.368. The number of aryl methyl sites for hydroxylation is 2. The van der Waals surface area contributed by atoms with Gasteiger partial charge in [0.05, 0.1) is 0 Å². The standard InChI is InChI=1S/C19H21N/c1-3-7-17-15(5-1)9-10-16-6-2-4-8-18(16)19(17)11-13-20-14-12-19/h1-8,20H,9-14H2. The average Bonchev–Trinajstić information content (AvgIpc) is 2.66. The lowest BCUT2D eigenvalue weighted by atomic mass is 9.67. The third-order valence-electron chi connectivity index (χ3n) is 5.19. The SMILES string of the molecule is c1ccc2c(c1)CCc1ccccc1C21CCNCC1. The van der Waals surface area contributed by atoms with Gasteiger partial charge in [0.2, 0.25) is 0 Å². The van der Waals surface area contributed by atoms with Gasteiger partial charge in [0.1, 0.15) is 0 Å². The number of rotatable bonds is 0. The summed E-state index contributed by atoms with van der Waals surface area (Å²) in [7, 11) is 0. The molecule has 20 heavy (non-hydrogen) atoms. The smallest absolute Gasteiger partial charge is 0.0232 e. The molecule has 2 aromatic carbocycles. The Morgan fingerprint density at radius 2 is 1.20 bits per heavy atom. The Hall–Kier alpha value is -1.60. The number of piperidine rings is 1. The molecular formula is C19H21N. The first-order chi connectivity index (χ1) is 9.90. The largest absolute Gasteiger partial charge is 0.317 e. The summed E-state index contributed by atoms with van der Waals surface area (Å²) < 4.78 is 0. The number of nitrogens with one attached hydrogen (secondary N) is 1. The van der Waals surface area contributed by atoms with Gasteiger partial charge in [-0.3, -0.25) is 0 Å². The van der Waals surface area contributed by atoms with E-state index >= 15 is 0 Å². The number of hydrogen-bond donors (Lipinski definition) is 1. The maximum absolute atomic E-state index is 3.54. The van der Waals surface area contributed by atoms with Crippen molar-refractivity contribution in [2.45, 2.75) is 31.1 Å². The summed E-state index contributed by atoms with van der Waals surface area (Å²) in [6.07, 6.45) is 4.81. The third-order valence-corrected chi connectivity index (χ3v) is 5.19.